The van der Waals surface area contributed by atoms with Crippen LogP contribution in [0.4, 0.5) is 4.79 Å². The van der Waals surface area contributed by atoms with Crippen molar-refractivity contribution in [2.45, 2.75) is 51.1 Å². The van der Waals surface area contributed by atoms with E-state index in [4.69, 9.17) is 4.74 Å². The van der Waals surface area contributed by atoms with Crippen LogP contribution in [-0.4, -0.2) is 58.8 Å². The van der Waals surface area contributed by atoms with Gasteiger partial charge in [-0.05, 0) is 36.3 Å². The van der Waals surface area contributed by atoms with Crippen molar-refractivity contribution in [3.63, 3.8) is 0 Å². The summed E-state index contributed by atoms with van der Waals surface area (Å²) in [5, 5.41) is 2.80. The first kappa shape index (κ1) is 20.4. The Hall–Kier alpha value is -2.90. The number of imide groups is 1. The number of urea groups is 1. The van der Waals surface area contributed by atoms with Crippen LogP contribution in [-0.2, 0) is 32.1 Å². The number of fused-ring (bicyclic) bond motifs is 1. The van der Waals surface area contributed by atoms with Gasteiger partial charge in [-0.2, -0.15) is 0 Å². The molecule has 4 amide bonds. The monoisotopic (exact) mass is 413 g/mol. The molecule has 1 aliphatic carbocycles. The van der Waals surface area contributed by atoms with E-state index in [0.29, 0.717) is 19.5 Å². The average Bonchev–Trinajstić information content (AvgIpc) is 2.98. The molecular formula is C22H27N3O5. The van der Waals surface area contributed by atoms with E-state index in [1.165, 1.54) is 5.56 Å². The maximum Gasteiger partial charge on any atom is 0.326 e. The van der Waals surface area contributed by atoms with Gasteiger partial charge < -0.3 is 15.0 Å². The molecule has 1 saturated carbocycles. The van der Waals surface area contributed by atoms with Crippen molar-refractivity contribution in [2.24, 2.45) is 5.92 Å². The number of hydrogen-bond donors (Lipinski definition) is 1. The summed E-state index contributed by atoms with van der Waals surface area (Å²) < 4.78 is 5.10. The topological polar surface area (TPSA) is 96.0 Å². The van der Waals surface area contributed by atoms with Gasteiger partial charge in [0.2, 0.25) is 0 Å². The zero-order chi connectivity index (χ0) is 21.3. The highest BCUT2D eigenvalue weighted by Crippen LogP contribution is 2.38. The third-order valence-electron chi connectivity index (χ3n) is 6.63. The van der Waals surface area contributed by atoms with Crippen molar-refractivity contribution in [1.82, 2.24) is 15.1 Å². The van der Waals surface area contributed by atoms with Gasteiger partial charge in [0.25, 0.3) is 11.8 Å². The summed E-state index contributed by atoms with van der Waals surface area (Å²) >= 11 is 0. The fourth-order valence-electron chi connectivity index (χ4n) is 4.76. The second kappa shape index (κ2) is 8.08. The van der Waals surface area contributed by atoms with Gasteiger partial charge in [0.05, 0.1) is 0 Å². The van der Waals surface area contributed by atoms with Crippen LogP contribution >= 0.6 is 0 Å². The first-order chi connectivity index (χ1) is 14.4. The number of esters is 1. The normalized spacial score (nSPS) is 25.8. The SMILES string of the molecule is C[C@H]1CCCC[C@@]12NC(=O)N(CC(=O)OCC(=O)N1CCc3ccccc3C1)C2=O. The molecule has 0 radical (unpaired) electrons. The zero-order valence-electron chi connectivity index (χ0n) is 17.2. The summed E-state index contributed by atoms with van der Waals surface area (Å²) in [6.45, 7) is 2.14. The van der Waals surface area contributed by atoms with Crippen molar-refractivity contribution in [1.29, 1.82) is 0 Å². The van der Waals surface area contributed by atoms with E-state index < -0.39 is 30.7 Å². The summed E-state index contributed by atoms with van der Waals surface area (Å²) in [5.41, 5.74) is 1.41. The second-order valence-electron chi connectivity index (χ2n) is 8.43. The van der Waals surface area contributed by atoms with Crippen molar-refractivity contribution in [2.75, 3.05) is 19.7 Å². The molecule has 3 aliphatic rings. The van der Waals surface area contributed by atoms with Crippen LogP contribution in [0.15, 0.2) is 24.3 Å². The highest BCUT2D eigenvalue weighted by atomic mass is 16.5. The van der Waals surface area contributed by atoms with E-state index in [9.17, 15) is 19.2 Å². The molecule has 8 nitrogen and oxygen atoms in total. The fourth-order valence-corrected chi connectivity index (χ4v) is 4.76. The van der Waals surface area contributed by atoms with Crippen molar-refractivity contribution < 1.29 is 23.9 Å². The quantitative estimate of drug-likeness (QED) is 0.598. The van der Waals surface area contributed by atoms with Crippen molar-refractivity contribution >= 4 is 23.8 Å². The minimum absolute atomic E-state index is 0.0206. The lowest BCUT2D eigenvalue weighted by atomic mass is 9.73. The van der Waals surface area contributed by atoms with E-state index in [1.807, 2.05) is 25.1 Å². The first-order valence-corrected chi connectivity index (χ1v) is 10.5. The van der Waals surface area contributed by atoms with Crippen LogP contribution in [0.25, 0.3) is 0 Å². The molecule has 1 spiro atoms. The minimum Gasteiger partial charge on any atom is -0.454 e. The van der Waals surface area contributed by atoms with E-state index in [1.54, 1.807) is 4.90 Å². The molecule has 30 heavy (non-hydrogen) atoms. The number of benzene rings is 1. The summed E-state index contributed by atoms with van der Waals surface area (Å²) in [6, 6.07) is 7.39. The van der Waals surface area contributed by atoms with Crippen LogP contribution in [0.1, 0.15) is 43.7 Å². The van der Waals surface area contributed by atoms with Crippen molar-refractivity contribution in [3.05, 3.63) is 35.4 Å². The summed E-state index contributed by atoms with van der Waals surface area (Å²) in [6.07, 6.45) is 4.09. The maximum absolute atomic E-state index is 12.9. The first-order valence-electron chi connectivity index (χ1n) is 10.5. The molecule has 2 atom stereocenters. The van der Waals surface area contributed by atoms with Crippen LogP contribution in [0.2, 0.25) is 0 Å². The fraction of sp³-hybridized carbons (Fsp3) is 0.545. The Kier molecular flexibility index (Phi) is 5.49. The number of carbonyl (C=O) groups excluding carboxylic acids is 4. The van der Waals surface area contributed by atoms with Crippen LogP contribution in [0, 0.1) is 5.92 Å². The molecule has 2 fully saturated rings. The van der Waals surface area contributed by atoms with E-state index in [-0.39, 0.29) is 17.7 Å². The Morgan fingerprint density at radius 3 is 2.73 bits per heavy atom. The van der Waals surface area contributed by atoms with Gasteiger partial charge in [-0.1, -0.05) is 44.0 Å². The Labute approximate surface area is 175 Å². The highest BCUT2D eigenvalue weighted by Gasteiger charge is 2.55. The molecular weight excluding hydrogens is 386 g/mol. The third-order valence-corrected chi connectivity index (χ3v) is 6.63. The standard InChI is InChI=1S/C22H27N3O5/c1-15-6-4-5-10-22(15)20(28)25(21(29)23-22)13-19(27)30-14-18(26)24-11-9-16-7-2-3-8-17(16)12-24/h2-3,7-8,15H,4-6,9-14H2,1H3,(H,23,29)/t15-,22+/m0/s1. The predicted octanol–water partition coefficient (Wildman–Crippen LogP) is 1.62. The molecule has 160 valence electrons. The average molecular weight is 413 g/mol. The van der Waals surface area contributed by atoms with Gasteiger partial charge in [-0.3, -0.25) is 19.3 Å². The summed E-state index contributed by atoms with van der Waals surface area (Å²) in [7, 11) is 0. The Balaban J connectivity index is 1.30. The van der Waals surface area contributed by atoms with E-state index >= 15 is 0 Å². The maximum atomic E-state index is 12.9. The Bertz CT molecular complexity index is 885. The van der Waals surface area contributed by atoms with Crippen LogP contribution in [0.5, 0.6) is 0 Å². The second-order valence-corrected chi connectivity index (χ2v) is 8.43. The molecule has 0 aromatic heterocycles. The molecule has 1 aromatic carbocycles. The molecule has 0 unspecified atom stereocenters. The molecule has 8 heteroatoms. The largest absolute Gasteiger partial charge is 0.454 e. The van der Waals surface area contributed by atoms with Gasteiger partial charge in [0, 0.05) is 13.1 Å². The van der Waals surface area contributed by atoms with Crippen LogP contribution < -0.4 is 5.32 Å². The highest BCUT2D eigenvalue weighted by molar-refractivity contribution is 6.09. The van der Waals surface area contributed by atoms with Crippen LogP contribution in [0.3, 0.4) is 0 Å². The van der Waals surface area contributed by atoms with Crippen molar-refractivity contribution in [3.8, 4) is 0 Å². The number of nitrogens with one attached hydrogen (secondary N) is 1. The Morgan fingerprint density at radius 1 is 1.20 bits per heavy atom. The molecule has 2 aliphatic heterocycles. The molecule has 0 bridgehead atoms. The number of rotatable bonds is 4. The number of carbonyl (C=O) groups is 4. The molecule has 2 heterocycles. The number of ether oxygens (including phenoxy) is 1. The molecule has 1 aromatic rings. The molecule has 4 rings (SSSR count). The van der Waals surface area contributed by atoms with Gasteiger partial charge in [0.15, 0.2) is 6.61 Å². The lowest BCUT2D eigenvalue weighted by Gasteiger charge is -2.36. The summed E-state index contributed by atoms with van der Waals surface area (Å²) in [4.78, 5) is 52.5. The lowest BCUT2D eigenvalue weighted by Crippen LogP contribution is -2.54. The molecule has 1 N–H and O–H groups in total. The summed E-state index contributed by atoms with van der Waals surface area (Å²) in [5.74, 6) is -1.39. The zero-order valence-corrected chi connectivity index (χ0v) is 17.2. The van der Waals surface area contributed by atoms with Gasteiger partial charge in [-0.25, -0.2) is 4.79 Å². The van der Waals surface area contributed by atoms with Gasteiger partial charge in [-0.15, -0.1) is 0 Å². The number of amides is 4. The number of hydrogen-bond acceptors (Lipinski definition) is 5. The van der Waals surface area contributed by atoms with Gasteiger partial charge >= 0.3 is 12.0 Å². The Morgan fingerprint density at radius 2 is 1.97 bits per heavy atom. The predicted molar refractivity (Wildman–Crippen MR) is 107 cm³/mol. The van der Waals surface area contributed by atoms with E-state index in [0.717, 1.165) is 36.1 Å². The minimum atomic E-state index is -0.910. The smallest absolute Gasteiger partial charge is 0.326 e. The third kappa shape index (κ3) is 3.66. The number of nitrogens with zero attached hydrogens (tertiary/aromatic N) is 2. The lowest BCUT2D eigenvalue weighted by molar-refractivity contribution is -0.154. The van der Waals surface area contributed by atoms with Gasteiger partial charge in [0.1, 0.15) is 12.1 Å². The van der Waals surface area contributed by atoms with E-state index in [2.05, 4.69) is 11.4 Å². The molecule has 1 saturated heterocycles.